The van der Waals surface area contributed by atoms with Crippen LogP contribution in [0.4, 0.5) is 0 Å². The maximum absolute atomic E-state index is 9.54. The number of hydrogen-bond donors (Lipinski definition) is 0. The molecule has 4 heteroatoms. The lowest BCUT2D eigenvalue weighted by Crippen LogP contribution is -1.88. The van der Waals surface area contributed by atoms with Crippen LogP contribution in [0.1, 0.15) is 0 Å². The Hall–Kier alpha value is 0.170. The highest BCUT2D eigenvalue weighted by Gasteiger charge is 1.86. The molecule has 0 bridgehead atoms. The molecule has 0 spiro atoms. The van der Waals surface area contributed by atoms with Gasteiger partial charge in [-0.05, 0) is 4.99 Å². The lowest BCUT2D eigenvalue weighted by atomic mass is 10.7. The minimum Gasteiger partial charge on any atom is -0.462 e. The molecule has 0 unspecified atom stereocenters. The van der Waals surface area contributed by atoms with Gasteiger partial charge in [0.05, 0.1) is 0 Å². The summed E-state index contributed by atoms with van der Waals surface area (Å²) in [5, 5.41) is 0. The largest absolute Gasteiger partial charge is 0.462 e. The molecule has 0 fully saturated rings. The summed E-state index contributed by atoms with van der Waals surface area (Å²) in [5.74, 6) is 0. The summed E-state index contributed by atoms with van der Waals surface area (Å²) in [5.41, 5.74) is 0. The van der Waals surface area contributed by atoms with Crippen LogP contribution in [0.15, 0.2) is 9.47 Å². The Balaban J connectivity index is 3.24. The normalized spacial score (nSPS) is 11.0. The summed E-state index contributed by atoms with van der Waals surface area (Å²) in [4.78, 5) is 11.2. The van der Waals surface area contributed by atoms with Gasteiger partial charge in [0.1, 0.15) is 6.61 Å². The van der Waals surface area contributed by atoms with E-state index in [2.05, 4.69) is 36.6 Å². The molecule has 0 aliphatic heterocycles. The van der Waals surface area contributed by atoms with E-state index in [4.69, 9.17) is 0 Å². The van der Waals surface area contributed by atoms with Crippen LogP contribution >= 0.6 is 31.9 Å². The van der Waals surface area contributed by atoms with Gasteiger partial charge in [-0.3, -0.25) is 4.79 Å². The number of hydrogen-bond acceptors (Lipinski definition) is 2. The summed E-state index contributed by atoms with van der Waals surface area (Å²) in [6.45, 7) is 0.687. The highest BCUT2D eigenvalue weighted by atomic mass is 79.9. The Morgan fingerprint density at radius 3 is 2.75 bits per heavy atom. The minimum atomic E-state index is 0.286. The molecular formula is C4H4Br2O2. The second-order valence-corrected chi connectivity index (χ2v) is 2.44. The zero-order valence-electron chi connectivity index (χ0n) is 3.93. The standard InChI is InChI=1S/C4H4Br2O2/c5-1-4(6)2-8-3-7/h1,3H,2H2/b4-1-. The number of halogens is 2. The van der Waals surface area contributed by atoms with Gasteiger partial charge in [-0.1, -0.05) is 31.9 Å². The molecule has 8 heavy (non-hydrogen) atoms. The molecule has 0 amide bonds. The highest BCUT2D eigenvalue weighted by molar-refractivity contribution is 9.14. The molecule has 0 aromatic rings. The van der Waals surface area contributed by atoms with E-state index in [1.807, 2.05) is 0 Å². The first-order chi connectivity index (χ1) is 3.81. The Morgan fingerprint density at radius 2 is 2.38 bits per heavy atom. The predicted molar refractivity (Wildman–Crippen MR) is 38.0 cm³/mol. The topological polar surface area (TPSA) is 26.3 Å². The third-order valence-electron chi connectivity index (χ3n) is 0.408. The van der Waals surface area contributed by atoms with Gasteiger partial charge in [-0.15, -0.1) is 0 Å². The van der Waals surface area contributed by atoms with Gasteiger partial charge in [-0.25, -0.2) is 0 Å². The van der Waals surface area contributed by atoms with Gasteiger partial charge >= 0.3 is 0 Å². The maximum atomic E-state index is 9.54. The fourth-order valence-electron chi connectivity index (χ4n) is 0.145. The van der Waals surface area contributed by atoms with Gasteiger partial charge in [0.25, 0.3) is 6.47 Å². The van der Waals surface area contributed by atoms with Crippen LogP contribution in [0.5, 0.6) is 0 Å². The van der Waals surface area contributed by atoms with Crippen molar-refractivity contribution >= 4 is 38.3 Å². The average Bonchev–Trinajstić information content (AvgIpc) is 1.83. The molecule has 0 aliphatic carbocycles. The van der Waals surface area contributed by atoms with Gasteiger partial charge in [0.2, 0.25) is 0 Å². The third kappa shape index (κ3) is 4.33. The second kappa shape index (κ2) is 5.31. The smallest absolute Gasteiger partial charge is 0.293 e. The molecule has 0 aromatic heterocycles. The summed E-state index contributed by atoms with van der Waals surface area (Å²) < 4.78 is 5.16. The summed E-state index contributed by atoms with van der Waals surface area (Å²) in [6.07, 6.45) is 0. The molecule has 0 saturated carbocycles. The quantitative estimate of drug-likeness (QED) is 0.707. The van der Waals surface area contributed by atoms with Crippen molar-refractivity contribution < 1.29 is 9.53 Å². The van der Waals surface area contributed by atoms with Gasteiger partial charge in [0.15, 0.2) is 0 Å². The Labute approximate surface area is 64.2 Å². The van der Waals surface area contributed by atoms with Crippen molar-refractivity contribution in [2.45, 2.75) is 0 Å². The van der Waals surface area contributed by atoms with E-state index >= 15 is 0 Å². The summed E-state index contributed by atoms with van der Waals surface area (Å²) in [6, 6.07) is 0. The number of ether oxygens (including phenoxy) is 1. The van der Waals surface area contributed by atoms with Gasteiger partial charge in [-0.2, -0.15) is 0 Å². The summed E-state index contributed by atoms with van der Waals surface area (Å²) >= 11 is 6.15. The monoisotopic (exact) mass is 242 g/mol. The van der Waals surface area contributed by atoms with Crippen LogP contribution in [0, 0.1) is 0 Å². The van der Waals surface area contributed by atoms with E-state index in [1.54, 1.807) is 4.99 Å². The molecule has 0 rings (SSSR count). The Kier molecular flexibility index (Phi) is 5.42. The van der Waals surface area contributed by atoms with E-state index < -0.39 is 0 Å². The first-order valence-electron chi connectivity index (χ1n) is 1.81. The lowest BCUT2D eigenvalue weighted by Gasteiger charge is -1.91. The molecule has 0 saturated heterocycles. The molecular weight excluding hydrogens is 240 g/mol. The molecule has 2 nitrogen and oxygen atoms in total. The fourth-order valence-corrected chi connectivity index (χ4v) is 0.409. The van der Waals surface area contributed by atoms with Crippen LogP contribution in [0.25, 0.3) is 0 Å². The fraction of sp³-hybridized carbons (Fsp3) is 0.250. The number of carbonyl (C=O) groups is 1. The SMILES string of the molecule is O=COC/C(Br)=C/Br. The molecule has 0 aliphatic rings. The first kappa shape index (κ1) is 8.17. The molecule has 0 radical (unpaired) electrons. The first-order valence-corrected chi connectivity index (χ1v) is 3.52. The number of carbonyl (C=O) groups excluding carboxylic acids is 1. The van der Waals surface area contributed by atoms with E-state index in [0.29, 0.717) is 6.47 Å². The molecule has 46 valence electrons. The zero-order valence-corrected chi connectivity index (χ0v) is 7.11. The Bertz CT molecular complexity index is 100. The van der Waals surface area contributed by atoms with Crippen molar-refractivity contribution in [2.24, 2.45) is 0 Å². The minimum absolute atomic E-state index is 0.286. The molecule has 0 atom stereocenters. The van der Waals surface area contributed by atoms with E-state index in [9.17, 15) is 4.79 Å². The van der Waals surface area contributed by atoms with Gasteiger partial charge < -0.3 is 4.74 Å². The lowest BCUT2D eigenvalue weighted by molar-refractivity contribution is -0.127. The van der Waals surface area contributed by atoms with Crippen molar-refractivity contribution in [1.82, 2.24) is 0 Å². The molecule has 0 heterocycles. The van der Waals surface area contributed by atoms with E-state index in [1.165, 1.54) is 0 Å². The average molecular weight is 244 g/mol. The summed E-state index contributed by atoms with van der Waals surface area (Å²) in [7, 11) is 0. The van der Waals surface area contributed by atoms with E-state index in [0.717, 1.165) is 4.48 Å². The molecule has 0 N–H and O–H groups in total. The van der Waals surface area contributed by atoms with Crippen molar-refractivity contribution in [3.05, 3.63) is 9.47 Å². The van der Waals surface area contributed by atoms with E-state index in [-0.39, 0.29) is 6.61 Å². The highest BCUT2D eigenvalue weighted by Crippen LogP contribution is 2.06. The predicted octanol–water partition coefficient (Wildman–Crippen LogP) is 1.79. The Morgan fingerprint density at radius 1 is 1.75 bits per heavy atom. The van der Waals surface area contributed by atoms with Crippen LogP contribution in [-0.2, 0) is 9.53 Å². The third-order valence-corrected chi connectivity index (χ3v) is 2.03. The zero-order chi connectivity index (χ0) is 6.41. The number of rotatable bonds is 3. The maximum Gasteiger partial charge on any atom is 0.293 e. The van der Waals surface area contributed by atoms with Crippen molar-refractivity contribution in [2.75, 3.05) is 6.61 Å². The van der Waals surface area contributed by atoms with Crippen molar-refractivity contribution in [3.8, 4) is 0 Å². The van der Waals surface area contributed by atoms with Crippen LogP contribution < -0.4 is 0 Å². The van der Waals surface area contributed by atoms with Crippen molar-refractivity contribution in [3.63, 3.8) is 0 Å². The van der Waals surface area contributed by atoms with Gasteiger partial charge in [0, 0.05) is 4.48 Å². The molecule has 0 aromatic carbocycles. The van der Waals surface area contributed by atoms with Crippen LogP contribution in [0.2, 0.25) is 0 Å². The van der Waals surface area contributed by atoms with Crippen LogP contribution in [0.3, 0.4) is 0 Å². The van der Waals surface area contributed by atoms with Crippen molar-refractivity contribution in [1.29, 1.82) is 0 Å². The second-order valence-electron chi connectivity index (χ2n) is 0.963. The van der Waals surface area contributed by atoms with Crippen LogP contribution in [-0.4, -0.2) is 13.1 Å².